The third-order valence-corrected chi connectivity index (χ3v) is 6.19. The van der Waals surface area contributed by atoms with Gasteiger partial charge in [-0.15, -0.1) is 11.3 Å². The molecule has 0 aliphatic carbocycles. The predicted octanol–water partition coefficient (Wildman–Crippen LogP) is 2.54. The fraction of sp³-hybridized carbons (Fsp3) is 0.389. The Morgan fingerprint density at radius 2 is 2.14 bits per heavy atom. The van der Waals surface area contributed by atoms with Crippen LogP contribution in [-0.4, -0.2) is 54.0 Å². The number of rotatable bonds is 6. The van der Waals surface area contributed by atoms with Crippen molar-refractivity contribution in [1.29, 1.82) is 0 Å². The molecule has 0 spiro atoms. The third kappa shape index (κ3) is 4.50. The minimum Gasteiger partial charge on any atom is -0.478 e. The number of amides is 1. The summed E-state index contributed by atoms with van der Waals surface area (Å²) in [5, 5.41) is 14.9. The maximum absolute atomic E-state index is 13.0. The van der Waals surface area contributed by atoms with Crippen LogP contribution in [0.2, 0.25) is 0 Å². The number of thiazole rings is 1. The van der Waals surface area contributed by atoms with Crippen molar-refractivity contribution in [2.24, 2.45) is 0 Å². The number of carbonyl (C=O) groups is 2. The first kappa shape index (κ1) is 20.3. The molecule has 0 unspecified atom stereocenters. The molecule has 1 fully saturated rings. The number of sulfone groups is 1. The zero-order valence-corrected chi connectivity index (χ0v) is 17.1. The van der Waals surface area contributed by atoms with Gasteiger partial charge in [0.1, 0.15) is 10.9 Å². The van der Waals surface area contributed by atoms with Crippen molar-refractivity contribution in [2.75, 3.05) is 24.0 Å². The van der Waals surface area contributed by atoms with Gasteiger partial charge in [0.05, 0.1) is 11.6 Å². The van der Waals surface area contributed by atoms with E-state index in [0.29, 0.717) is 6.54 Å². The lowest BCUT2D eigenvalue weighted by molar-refractivity contribution is 0.0698. The summed E-state index contributed by atoms with van der Waals surface area (Å²) >= 11 is 1.52. The van der Waals surface area contributed by atoms with Crippen LogP contribution in [0.5, 0.6) is 0 Å². The second-order valence-corrected chi connectivity index (χ2v) is 9.83. The fourth-order valence-corrected chi connectivity index (χ4v) is 4.54. The van der Waals surface area contributed by atoms with E-state index >= 15 is 0 Å². The lowest BCUT2D eigenvalue weighted by Gasteiger charge is -2.23. The first-order valence-corrected chi connectivity index (χ1v) is 11.6. The molecule has 1 amide bonds. The van der Waals surface area contributed by atoms with E-state index in [1.807, 2.05) is 12.3 Å². The molecule has 0 bridgehead atoms. The minimum atomic E-state index is -3.33. The van der Waals surface area contributed by atoms with E-state index in [0.717, 1.165) is 29.8 Å². The van der Waals surface area contributed by atoms with Crippen LogP contribution < -0.4 is 5.32 Å². The molecule has 0 saturated carbocycles. The van der Waals surface area contributed by atoms with Crippen molar-refractivity contribution in [3.05, 3.63) is 45.4 Å². The summed E-state index contributed by atoms with van der Waals surface area (Å²) in [5.41, 5.74) is 1.18. The molecular formula is C18H21N3O5S2. The van der Waals surface area contributed by atoms with Crippen LogP contribution >= 0.6 is 11.3 Å². The standard InChI is InChI=1S/C18H21N3O5S2/c1-11-9-27-16(20-11)15-4-3-7-21(15)17(22)12-5-6-14(13(8-12)18(23)24)19-10-28(2,25)26/h5-6,8-9,15,19H,3-4,7,10H2,1-2H3,(H,23,24)/t15-/m1/s1. The maximum atomic E-state index is 13.0. The number of likely N-dealkylation sites (tertiary alicyclic amines) is 1. The molecule has 1 aliphatic rings. The number of hydrogen-bond donors (Lipinski definition) is 2. The predicted molar refractivity (Wildman–Crippen MR) is 107 cm³/mol. The molecule has 0 radical (unpaired) electrons. The molecule has 8 nitrogen and oxygen atoms in total. The molecule has 1 saturated heterocycles. The van der Waals surface area contributed by atoms with E-state index in [-0.39, 0.29) is 28.8 Å². The second kappa shape index (κ2) is 7.88. The van der Waals surface area contributed by atoms with E-state index in [1.54, 1.807) is 4.90 Å². The van der Waals surface area contributed by atoms with Gasteiger partial charge in [0.2, 0.25) is 0 Å². The van der Waals surface area contributed by atoms with E-state index in [9.17, 15) is 23.1 Å². The van der Waals surface area contributed by atoms with Gasteiger partial charge in [-0.2, -0.15) is 0 Å². The van der Waals surface area contributed by atoms with E-state index < -0.39 is 21.7 Å². The van der Waals surface area contributed by atoms with Crippen LogP contribution in [0, 0.1) is 6.92 Å². The summed E-state index contributed by atoms with van der Waals surface area (Å²) in [5.74, 6) is -1.88. The maximum Gasteiger partial charge on any atom is 0.337 e. The number of anilines is 1. The van der Waals surface area contributed by atoms with Crippen molar-refractivity contribution in [3.63, 3.8) is 0 Å². The summed E-state index contributed by atoms with van der Waals surface area (Å²) in [6, 6.07) is 4.13. The zero-order chi connectivity index (χ0) is 20.5. The first-order chi connectivity index (χ1) is 13.2. The highest BCUT2D eigenvalue weighted by atomic mass is 32.2. The normalized spacial score (nSPS) is 16.9. The molecular weight excluding hydrogens is 402 g/mol. The molecule has 150 valence electrons. The molecule has 10 heteroatoms. The Morgan fingerprint density at radius 1 is 1.39 bits per heavy atom. The molecule has 1 aromatic carbocycles. The third-order valence-electron chi connectivity index (χ3n) is 4.46. The van der Waals surface area contributed by atoms with Gasteiger partial charge >= 0.3 is 5.97 Å². The average Bonchev–Trinajstić information content (AvgIpc) is 3.27. The monoisotopic (exact) mass is 423 g/mol. The number of nitrogens with one attached hydrogen (secondary N) is 1. The summed E-state index contributed by atoms with van der Waals surface area (Å²) in [7, 11) is -3.33. The number of aromatic carboxylic acids is 1. The first-order valence-electron chi connectivity index (χ1n) is 8.67. The lowest BCUT2D eigenvalue weighted by atomic mass is 10.1. The topological polar surface area (TPSA) is 117 Å². The summed E-state index contributed by atoms with van der Waals surface area (Å²) in [6.07, 6.45) is 2.72. The highest BCUT2D eigenvalue weighted by Gasteiger charge is 2.33. The van der Waals surface area contributed by atoms with Crippen LogP contribution in [0.1, 0.15) is 50.3 Å². The average molecular weight is 424 g/mol. The van der Waals surface area contributed by atoms with E-state index in [4.69, 9.17) is 0 Å². The number of aromatic nitrogens is 1. The van der Waals surface area contributed by atoms with Crippen molar-refractivity contribution in [2.45, 2.75) is 25.8 Å². The lowest BCUT2D eigenvalue weighted by Crippen LogP contribution is -2.30. The van der Waals surface area contributed by atoms with Gasteiger partial charge in [-0.3, -0.25) is 4.79 Å². The number of carboxylic acids is 1. The number of benzene rings is 1. The molecule has 2 heterocycles. The Hall–Kier alpha value is -2.46. The second-order valence-electron chi connectivity index (χ2n) is 6.80. The Bertz CT molecular complexity index is 1020. The Balaban J connectivity index is 1.87. The molecule has 1 aromatic heterocycles. The van der Waals surface area contributed by atoms with Gasteiger partial charge in [-0.1, -0.05) is 0 Å². The van der Waals surface area contributed by atoms with Crippen LogP contribution in [0.3, 0.4) is 0 Å². The van der Waals surface area contributed by atoms with Crippen molar-refractivity contribution < 1.29 is 23.1 Å². The Morgan fingerprint density at radius 3 is 2.75 bits per heavy atom. The molecule has 3 rings (SSSR count). The smallest absolute Gasteiger partial charge is 0.337 e. The van der Waals surface area contributed by atoms with Crippen molar-refractivity contribution in [3.8, 4) is 0 Å². The molecule has 1 atom stereocenters. The number of carbonyl (C=O) groups excluding carboxylic acids is 1. The molecule has 2 aromatic rings. The number of hydrogen-bond acceptors (Lipinski definition) is 7. The van der Waals surface area contributed by atoms with Crippen molar-refractivity contribution >= 4 is 38.7 Å². The van der Waals surface area contributed by atoms with Gasteiger partial charge in [-0.05, 0) is 38.0 Å². The van der Waals surface area contributed by atoms with Gasteiger partial charge < -0.3 is 15.3 Å². The van der Waals surface area contributed by atoms with Crippen molar-refractivity contribution in [1.82, 2.24) is 9.88 Å². The van der Waals surface area contributed by atoms with E-state index in [1.165, 1.54) is 29.5 Å². The van der Waals surface area contributed by atoms with E-state index in [2.05, 4.69) is 10.3 Å². The van der Waals surface area contributed by atoms with Gasteiger partial charge in [0.25, 0.3) is 5.91 Å². The number of nitrogens with zero attached hydrogens (tertiary/aromatic N) is 2. The van der Waals surface area contributed by atoms with Crippen LogP contribution in [-0.2, 0) is 9.84 Å². The molecule has 2 N–H and O–H groups in total. The number of carboxylic acid groups (broad SMARTS) is 1. The van der Waals surface area contributed by atoms with Gasteiger partial charge in [0.15, 0.2) is 9.84 Å². The van der Waals surface area contributed by atoms with Gasteiger partial charge in [0, 0.05) is 35.1 Å². The van der Waals surface area contributed by atoms with Crippen LogP contribution in [0.15, 0.2) is 23.6 Å². The summed E-state index contributed by atoms with van der Waals surface area (Å²) < 4.78 is 22.7. The SMILES string of the molecule is Cc1csc([C@H]2CCCN2C(=O)c2ccc(NCS(C)(=O)=O)c(C(=O)O)c2)n1. The van der Waals surface area contributed by atoms with Crippen LogP contribution in [0.4, 0.5) is 5.69 Å². The summed E-state index contributed by atoms with van der Waals surface area (Å²) in [4.78, 5) is 30.9. The van der Waals surface area contributed by atoms with Crippen LogP contribution in [0.25, 0.3) is 0 Å². The van der Waals surface area contributed by atoms with Gasteiger partial charge in [-0.25, -0.2) is 18.2 Å². The molecule has 1 aliphatic heterocycles. The quantitative estimate of drug-likeness (QED) is 0.733. The Labute approximate surface area is 167 Å². The fourth-order valence-electron chi connectivity index (χ4n) is 3.17. The highest BCUT2D eigenvalue weighted by Crippen LogP contribution is 2.35. The summed E-state index contributed by atoms with van der Waals surface area (Å²) in [6.45, 7) is 2.49. The highest BCUT2D eigenvalue weighted by molar-refractivity contribution is 7.90. The Kier molecular flexibility index (Phi) is 5.71. The molecule has 28 heavy (non-hydrogen) atoms. The minimum absolute atomic E-state index is 0.109. The number of aryl methyl sites for hydroxylation is 1. The largest absolute Gasteiger partial charge is 0.478 e. The zero-order valence-electron chi connectivity index (χ0n) is 15.5.